The van der Waals surface area contributed by atoms with Crippen molar-refractivity contribution in [1.29, 1.82) is 0 Å². The molecule has 0 aliphatic heterocycles. The molecule has 0 aliphatic rings. The maximum Gasteiger partial charge on any atom is 0.387 e. The predicted molar refractivity (Wildman–Crippen MR) is 142 cm³/mol. The zero-order valence-electron chi connectivity index (χ0n) is 19.9. The van der Waals surface area contributed by atoms with E-state index in [1.54, 1.807) is 24.3 Å². The highest BCUT2D eigenvalue weighted by Gasteiger charge is 2.24. The zero-order valence-corrected chi connectivity index (χ0v) is 21.4. The zero-order chi connectivity index (χ0) is 27.6. The maximum atomic E-state index is 13.4. The second kappa shape index (κ2) is 11.0. The van der Waals surface area contributed by atoms with Crippen LogP contribution in [0.5, 0.6) is 11.5 Å². The number of aromatic nitrogens is 3. The summed E-state index contributed by atoms with van der Waals surface area (Å²) in [5, 5.41) is 5.76. The molecule has 0 saturated heterocycles. The lowest BCUT2D eigenvalue weighted by atomic mass is 10.0. The SMILES string of the molecule is C=CC(=O)Nc1ccccc1Nc1ncc2cc(-c3c(Cl)c(OC)cc(OC(F)F)c3Cl)c(=O)n(C)c2n1. The van der Waals surface area contributed by atoms with Gasteiger partial charge in [0.2, 0.25) is 11.9 Å². The Morgan fingerprint density at radius 3 is 2.50 bits per heavy atom. The third-order valence-electron chi connectivity index (χ3n) is 5.40. The van der Waals surface area contributed by atoms with Gasteiger partial charge in [-0.25, -0.2) is 4.98 Å². The maximum absolute atomic E-state index is 13.4. The fourth-order valence-electron chi connectivity index (χ4n) is 3.65. The van der Waals surface area contributed by atoms with Crippen molar-refractivity contribution >= 4 is 57.5 Å². The van der Waals surface area contributed by atoms with E-state index in [-0.39, 0.29) is 38.5 Å². The van der Waals surface area contributed by atoms with E-state index in [0.29, 0.717) is 16.8 Å². The number of alkyl halides is 2. The van der Waals surface area contributed by atoms with Crippen LogP contribution in [0.4, 0.5) is 26.1 Å². The van der Waals surface area contributed by atoms with Crippen LogP contribution < -0.4 is 25.7 Å². The van der Waals surface area contributed by atoms with Crippen LogP contribution in [0.25, 0.3) is 22.2 Å². The molecule has 0 aliphatic carbocycles. The number of nitrogens with one attached hydrogen (secondary N) is 2. The molecule has 0 saturated carbocycles. The molecule has 1 amide bonds. The Kier molecular flexibility index (Phi) is 7.79. The van der Waals surface area contributed by atoms with E-state index < -0.39 is 23.8 Å². The molecule has 9 nitrogen and oxygen atoms in total. The minimum Gasteiger partial charge on any atom is -0.495 e. The van der Waals surface area contributed by atoms with Crippen molar-refractivity contribution in [3.63, 3.8) is 0 Å². The number of aryl methyl sites for hydroxylation is 1. The van der Waals surface area contributed by atoms with E-state index in [1.165, 1.54) is 31.0 Å². The Labute approximate surface area is 224 Å². The summed E-state index contributed by atoms with van der Waals surface area (Å²) in [6.07, 6.45) is 2.59. The van der Waals surface area contributed by atoms with E-state index >= 15 is 0 Å². The molecule has 0 fully saturated rings. The van der Waals surface area contributed by atoms with Gasteiger partial charge in [0.05, 0.1) is 34.1 Å². The third kappa shape index (κ3) is 5.24. The summed E-state index contributed by atoms with van der Waals surface area (Å²) in [6.45, 7) is 0.269. The number of para-hydroxylation sites is 2. The molecule has 196 valence electrons. The Hall–Kier alpha value is -4.22. The summed E-state index contributed by atoms with van der Waals surface area (Å²) in [7, 11) is 2.76. The normalized spacial score (nSPS) is 10.9. The smallest absolute Gasteiger partial charge is 0.387 e. The third-order valence-corrected chi connectivity index (χ3v) is 6.15. The van der Waals surface area contributed by atoms with E-state index in [9.17, 15) is 18.4 Å². The molecule has 0 atom stereocenters. The van der Waals surface area contributed by atoms with Crippen molar-refractivity contribution in [3.8, 4) is 22.6 Å². The van der Waals surface area contributed by atoms with Gasteiger partial charge in [0, 0.05) is 30.3 Å². The average Bonchev–Trinajstić information content (AvgIpc) is 2.89. The number of carbonyl (C=O) groups is 1. The van der Waals surface area contributed by atoms with E-state index in [4.69, 9.17) is 27.9 Å². The summed E-state index contributed by atoms with van der Waals surface area (Å²) in [6, 6.07) is 9.44. The van der Waals surface area contributed by atoms with Gasteiger partial charge in [-0.15, -0.1) is 0 Å². The van der Waals surface area contributed by atoms with Crippen molar-refractivity contribution < 1.29 is 23.0 Å². The van der Waals surface area contributed by atoms with Crippen LogP contribution in [-0.2, 0) is 11.8 Å². The monoisotopic (exact) mass is 561 g/mol. The first-order valence-electron chi connectivity index (χ1n) is 10.8. The summed E-state index contributed by atoms with van der Waals surface area (Å²) in [5.41, 5.74) is 0.610. The number of nitrogens with zero attached hydrogens (tertiary/aromatic N) is 3. The lowest BCUT2D eigenvalue weighted by Gasteiger charge is -2.17. The number of hydrogen-bond acceptors (Lipinski definition) is 7. The minimum absolute atomic E-state index is 0.00481. The van der Waals surface area contributed by atoms with Gasteiger partial charge in [-0.05, 0) is 24.3 Å². The van der Waals surface area contributed by atoms with Gasteiger partial charge >= 0.3 is 6.61 Å². The molecule has 0 unspecified atom stereocenters. The van der Waals surface area contributed by atoms with Crippen LogP contribution >= 0.6 is 23.2 Å². The Morgan fingerprint density at radius 1 is 1.16 bits per heavy atom. The largest absolute Gasteiger partial charge is 0.495 e. The molecule has 4 rings (SSSR count). The van der Waals surface area contributed by atoms with E-state index in [2.05, 4.69) is 31.9 Å². The first kappa shape index (κ1) is 26.8. The molecular formula is C25H19Cl2F2N5O4. The van der Waals surface area contributed by atoms with Crippen LogP contribution in [0.1, 0.15) is 0 Å². The van der Waals surface area contributed by atoms with Gasteiger partial charge in [-0.2, -0.15) is 13.8 Å². The summed E-state index contributed by atoms with van der Waals surface area (Å²) in [5.74, 6) is -0.670. The molecule has 2 aromatic carbocycles. The number of pyridine rings is 1. The van der Waals surface area contributed by atoms with Crippen molar-refractivity contribution in [3.05, 3.63) is 75.6 Å². The van der Waals surface area contributed by atoms with Gasteiger partial charge in [0.25, 0.3) is 5.56 Å². The summed E-state index contributed by atoms with van der Waals surface area (Å²) < 4.78 is 36.8. The lowest BCUT2D eigenvalue weighted by Crippen LogP contribution is -2.20. The lowest BCUT2D eigenvalue weighted by molar-refractivity contribution is -0.111. The quantitative estimate of drug-likeness (QED) is 0.262. The Bertz CT molecular complexity index is 1630. The highest BCUT2D eigenvalue weighted by atomic mass is 35.5. The number of anilines is 3. The summed E-state index contributed by atoms with van der Waals surface area (Å²) >= 11 is 12.8. The number of fused-ring (bicyclic) bond motifs is 1. The van der Waals surface area contributed by atoms with Crippen LogP contribution in [0.15, 0.2) is 60.0 Å². The van der Waals surface area contributed by atoms with Crippen molar-refractivity contribution in [2.75, 3.05) is 17.7 Å². The van der Waals surface area contributed by atoms with Gasteiger partial charge in [-0.1, -0.05) is 41.9 Å². The molecule has 4 aromatic rings. The van der Waals surface area contributed by atoms with Crippen LogP contribution in [-0.4, -0.2) is 34.2 Å². The van der Waals surface area contributed by atoms with Gasteiger partial charge < -0.3 is 20.1 Å². The van der Waals surface area contributed by atoms with Crippen LogP contribution in [0, 0.1) is 0 Å². The fourth-order valence-corrected chi connectivity index (χ4v) is 4.32. The number of ether oxygens (including phenoxy) is 2. The number of methoxy groups -OCH3 is 1. The van der Waals surface area contributed by atoms with Crippen molar-refractivity contribution in [1.82, 2.24) is 14.5 Å². The molecular weight excluding hydrogens is 543 g/mol. The van der Waals surface area contributed by atoms with Crippen molar-refractivity contribution in [2.45, 2.75) is 6.61 Å². The van der Waals surface area contributed by atoms with Crippen LogP contribution in [0.3, 0.4) is 0 Å². The number of carbonyl (C=O) groups excluding carboxylic acids is 1. The molecule has 38 heavy (non-hydrogen) atoms. The summed E-state index contributed by atoms with van der Waals surface area (Å²) in [4.78, 5) is 33.9. The molecule has 2 N–H and O–H groups in total. The second-order valence-electron chi connectivity index (χ2n) is 7.72. The first-order chi connectivity index (χ1) is 18.1. The molecule has 2 aromatic heterocycles. The molecule has 0 bridgehead atoms. The van der Waals surface area contributed by atoms with Gasteiger partial charge in [-0.3, -0.25) is 14.2 Å². The highest BCUT2D eigenvalue weighted by Crippen LogP contribution is 2.46. The van der Waals surface area contributed by atoms with Gasteiger partial charge in [0.1, 0.15) is 17.1 Å². The molecule has 0 spiro atoms. The number of halogens is 4. The average molecular weight is 562 g/mol. The van der Waals surface area contributed by atoms with E-state index in [0.717, 1.165) is 12.1 Å². The Morgan fingerprint density at radius 2 is 1.84 bits per heavy atom. The highest BCUT2D eigenvalue weighted by molar-refractivity contribution is 6.41. The molecule has 0 radical (unpaired) electrons. The molecule has 2 heterocycles. The Balaban J connectivity index is 1.82. The number of hydrogen-bond donors (Lipinski definition) is 2. The minimum atomic E-state index is -3.17. The number of rotatable bonds is 8. The standard InChI is InChI=1S/C25H19Cl2F2N5O4/c1-4-18(35)31-14-7-5-6-8-15(14)32-25-30-11-12-9-13(23(36)34(2)22(12)33-25)19-20(26)16(37-3)10-17(21(19)27)38-24(28)29/h4-11,24H,1H2,2-3H3,(H,31,35)(H,30,32,33). The predicted octanol–water partition coefficient (Wildman–Crippen LogP) is 5.78. The second-order valence-corrected chi connectivity index (χ2v) is 8.47. The fraction of sp³-hybridized carbons (Fsp3) is 0.120. The van der Waals surface area contributed by atoms with Crippen LogP contribution in [0.2, 0.25) is 10.0 Å². The first-order valence-corrected chi connectivity index (χ1v) is 11.6. The van der Waals surface area contributed by atoms with Gasteiger partial charge in [0.15, 0.2) is 0 Å². The number of amides is 1. The molecule has 13 heteroatoms. The van der Waals surface area contributed by atoms with E-state index in [1.807, 2.05) is 0 Å². The number of benzene rings is 2. The topological polar surface area (TPSA) is 107 Å². The van der Waals surface area contributed by atoms with Crippen molar-refractivity contribution in [2.24, 2.45) is 7.05 Å².